The molecule has 0 saturated heterocycles. The maximum absolute atomic E-state index is 13.3. The fourth-order valence-corrected chi connectivity index (χ4v) is 5.51. The zero-order valence-electron chi connectivity index (χ0n) is 22.3. The number of rotatable bonds is 8. The maximum atomic E-state index is 13.3. The molecule has 7 heteroatoms. The number of anilines is 1. The van der Waals surface area contributed by atoms with Crippen LogP contribution in [0.25, 0.3) is 22.0 Å². The summed E-state index contributed by atoms with van der Waals surface area (Å²) >= 11 is 2.42. The van der Waals surface area contributed by atoms with Gasteiger partial charge in [-0.25, -0.2) is 4.39 Å². The average molecular weight is 649 g/mol. The summed E-state index contributed by atoms with van der Waals surface area (Å²) in [5.41, 5.74) is 7.39. The van der Waals surface area contributed by atoms with Crippen molar-refractivity contribution in [2.24, 2.45) is 0 Å². The molecule has 0 atom stereocenters. The number of halogens is 2. The van der Waals surface area contributed by atoms with Gasteiger partial charge in [-0.2, -0.15) is 0 Å². The van der Waals surface area contributed by atoms with Crippen LogP contribution in [0.1, 0.15) is 39.2 Å². The minimum Gasteiger partial charge on any atom is -0.507 e. The third-order valence-corrected chi connectivity index (χ3v) is 8.07. The van der Waals surface area contributed by atoms with Gasteiger partial charge in [-0.15, -0.1) is 0 Å². The fourth-order valence-electron chi connectivity index (χ4n) is 5.17. The lowest BCUT2D eigenvalue weighted by Gasteiger charge is -2.12. The number of phenolic OH excluding ortho intramolecular Hbond substituents is 2. The number of fused-ring (bicyclic) bond motifs is 1. The molecule has 0 aliphatic carbocycles. The quantitative estimate of drug-likeness (QED) is 0.118. The monoisotopic (exact) mass is 648 g/mol. The van der Waals surface area contributed by atoms with Crippen molar-refractivity contribution < 1.29 is 19.4 Å². The molecule has 5 rings (SSSR count). The van der Waals surface area contributed by atoms with Gasteiger partial charge in [0.15, 0.2) is 0 Å². The number of aryl methyl sites for hydroxylation is 2. The van der Waals surface area contributed by atoms with E-state index in [1.54, 1.807) is 6.07 Å². The number of benzene rings is 4. The van der Waals surface area contributed by atoms with Gasteiger partial charge < -0.3 is 20.1 Å². The molecular weight excluding hydrogens is 618 g/mol. The highest BCUT2D eigenvalue weighted by atomic mass is 127. The zero-order valence-corrected chi connectivity index (χ0v) is 24.5. The molecule has 0 radical (unpaired) electrons. The van der Waals surface area contributed by atoms with Crippen LogP contribution in [0.4, 0.5) is 10.1 Å². The van der Waals surface area contributed by atoms with E-state index in [-0.39, 0.29) is 28.7 Å². The largest absolute Gasteiger partial charge is 0.507 e. The van der Waals surface area contributed by atoms with Gasteiger partial charge in [0.2, 0.25) is 0 Å². The van der Waals surface area contributed by atoms with Crippen LogP contribution >= 0.6 is 22.6 Å². The summed E-state index contributed by atoms with van der Waals surface area (Å²) in [6, 6.07) is 22.2. The minimum atomic E-state index is -0.416. The Labute approximate surface area is 246 Å². The zero-order chi connectivity index (χ0) is 28.4. The van der Waals surface area contributed by atoms with Gasteiger partial charge in [-0.05, 0) is 85.3 Å². The third-order valence-electron chi connectivity index (χ3n) is 7.30. The van der Waals surface area contributed by atoms with E-state index in [1.165, 1.54) is 64.1 Å². The van der Waals surface area contributed by atoms with Crippen LogP contribution < -0.4 is 5.32 Å². The van der Waals surface area contributed by atoms with E-state index in [1.807, 2.05) is 18.2 Å². The summed E-state index contributed by atoms with van der Waals surface area (Å²) in [6.45, 7) is 5.37. The predicted molar refractivity (Wildman–Crippen MR) is 167 cm³/mol. The van der Waals surface area contributed by atoms with E-state index in [0.29, 0.717) is 17.5 Å². The van der Waals surface area contributed by atoms with Crippen molar-refractivity contribution in [2.75, 3.05) is 9.74 Å². The van der Waals surface area contributed by atoms with Gasteiger partial charge in [-0.3, -0.25) is 4.79 Å². The highest BCUT2D eigenvalue weighted by molar-refractivity contribution is 14.1. The van der Waals surface area contributed by atoms with Gasteiger partial charge in [-0.1, -0.05) is 52.9 Å². The van der Waals surface area contributed by atoms with E-state index in [9.17, 15) is 19.4 Å². The lowest BCUT2D eigenvalue weighted by molar-refractivity contribution is 0.102. The lowest BCUT2D eigenvalue weighted by atomic mass is 10.0. The third kappa shape index (κ3) is 5.70. The Kier molecular flexibility index (Phi) is 8.12. The van der Waals surface area contributed by atoms with Crippen molar-refractivity contribution in [2.45, 2.75) is 33.2 Å². The first-order valence-electron chi connectivity index (χ1n) is 13.1. The normalized spacial score (nSPS) is 11.2. The van der Waals surface area contributed by atoms with Crippen molar-refractivity contribution in [3.63, 3.8) is 0 Å². The Morgan fingerprint density at radius 2 is 1.62 bits per heavy atom. The maximum Gasteiger partial charge on any atom is 0.255 e. The van der Waals surface area contributed by atoms with Crippen LogP contribution in [0, 0.1) is 19.7 Å². The lowest BCUT2D eigenvalue weighted by Crippen LogP contribution is -2.12. The molecule has 0 bridgehead atoms. The van der Waals surface area contributed by atoms with E-state index >= 15 is 0 Å². The van der Waals surface area contributed by atoms with Gasteiger partial charge in [0.1, 0.15) is 17.3 Å². The van der Waals surface area contributed by atoms with Crippen molar-refractivity contribution >= 4 is 45.1 Å². The number of nitrogens with one attached hydrogen (secondary N) is 1. The molecule has 40 heavy (non-hydrogen) atoms. The van der Waals surface area contributed by atoms with Gasteiger partial charge in [0.25, 0.3) is 5.91 Å². The molecule has 0 unspecified atom stereocenters. The molecule has 0 aliphatic rings. The highest BCUT2D eigenvalue weighted by Gasteiger charge is 2.15. The number of aromatic nitrogens is 1. The molecule has 1 amide bonds. The molecule has 3 N–H and O–H groups in total. The number of amides is 1. The molecule has 0 fully saturated rings. The SMILES string of the molecule is Cc1c(C)n(CCCI)c2ccc(Cc3cccc(C(=O)Nc4cc(O)c(-c5ccc(F)cc5)c(O)c4)c3)cc12. The van der Waals surface area contributed by atoms with Gasteiger partial charge >= 0.3 is 0 Å². The highest BCUT2D eigenvalue weighted by Crippen LogP contribution is 2.40. The van der Waals surface area contributed by atoms with Gasteiger partial charge in [0, 0.05) is 51.0 Å². The van der Waals surface area contributed by atoms with Crippen molar-refractivity contribution in [1.29, 1.82) is 0 Å². The number of nitrogens with zero attached hydrogens (tertiary/aromatic N) is 1. The summed E-state index contributed by atoms with van der Waals surface area (Å²) < 4.78 is 16.8. The number of carbonyl (C=O) groups excluding carboxylic acids is 1. The molecule has 4 aromatic carbocycles. The van der Waals surface area contributed by atoms with E-state index in [4.69, 9.17) is 0 Å². The molecule has 1 aromatic heterocycles. The van der Waals surface area contributed by atoms with Crippen LogP contribution in [0.3, 0.4) is 0 Å². The number of carbonyl (C=O) groups is 1. The van der Waals surface area contributed by atoms with Crippen LogP contribution in [-0.4, -0.2) is 25.1 Å². The van der Waals surface area contributed by atoms with Crippen LogP contribution in [0.2, 0.25) is 0 Å². The number of phenols is 2. The molecular formula is C33H30FIN2O3. The molecule has 1 heterocycles. The molecule has 0 aliphatic heterocycles. The standard InChI is InChI=1S/C33H30FIN2O3/c1-20-21(2)37(14-4-13-35)29-12-7-23(17-28(20)29)15-22-5-3-6-25(16-22)33(40)36-27-18-30(38)32(31(39)19-27)24-8-10-26(34)11-9-24/h3,5-12,16-19,38-39H,4,13-15H2,1-2H3,(H,36,40). The summed E-state index contributed by atoms with van der Waals surface area (Å²) in [5, 5.41) is 25.1. The smallest absolute Gasteiger partial charge is 0.255 e. The first-order valence-corrected chi connectivity index (χ1v) is 14.6. The summed E-state index contributed by atoms with van der Waals surface area (Å²) in [7, 11) is 0. The predicted octanol–water partition coefficient (Wildman–Crippen LogP) is 8.14. The number of hydrogen-bond donors (Lipinski definition) is 3. The Morgan fingerprint density at radius 1 is 0.925 bits per heavy atom. The second kappa shape index (κ2) is 11.7. The first-order chi connectivity index (χ1) is 19.2. The molecule has 0 spiro atoms. The van der Waals surface area contributed by atoms with Crippen LogP contribution in [0.5, 0.6) is 11.5 Å². The number of hydrogen-bond acceptors (Lipinski definition) is 3. The average Bonchev–Trinajstić information content (AvgIpc) is 3.17. The van der Waals surface area contributed by atoms with E-state index in [0.717, 1.165) is 23.0 Å². The Morgan fingerprint density at radius 3 is 2.33 bits per heavy atom. The van der Waals surface area contributed by atoms with Crippen LogP contribution in [-0.2, 0) is 13.0 Å². The van der Waals surface area contributed by atoms with Crippen LogP contribution in [0.15, 0.2) is 78.9 Å². The molecule has 204 valence electrons. The van der Waals surface area contributed by atoms with Crippen molar-refractivity contribution in [3.05, 3.63) is 113 Å². The summed E-state index contributed by atoms with van der Waals surface area (Å²) in [5.74, 6) is -1.22. The first kappa shape index (κ1) is 27.7. The van der Waals surface area contributed by atoms with Gasteiger partial charge in [0.05, 0.1) is 5.56 Å². The van der Waals surface area contributed by atoms with Crippen molar-refractivity contribution in [1.82, 2.24) is 4.57 Å². The minimum absolute atomic E-state index is 0.169. The van der Waals surface area contributed by atoms with E-state index < -0.39 is 5.82 Å². The van der Waals surface area contributed by atoms with Crippen molar-refractivity contribution in [3.8, 4) is 22.6 Å². The molecule has 0 saturated carbocycles. The molecule has 5 nitrogen and oxygen atoms in total. The molecule has 5 aromatic rings. The van der Waals surface area contributed by atoms with E-state index in [2.05, 4.69) is 64.5 Å². The Balaban J connectivity index is 1.34. The summed E-state index contributed by atoms with van der Waals surface area (Å²) in [6.07, 6.45) is 1.82. The second-order valence-electron chi connectivity index (χ2n) is 9.98. The second-order valence-corrected chi connectivity index (χ2v) is 11.1. The topological polar surface area (TPSA) is 74.5 Å². The fraction of sp³-hybridized carbons (Fsp3) is 0.182. The Bertz CT molecular complexity index is 1690. The number of alkyl halides is 1. The number of aromatic hydroxyl groups is 2. The Hall–Kier alpha value is -3.85. The summed E-state index contributed by atoms with van der Waals surface area (Å²) in [4.78, 5) is 13.1.